The SMILES string of the molecule is Nc1cccc(C2CN(C(=O)/C=C/c3ccccc3)CCO2)n1. The molecule has 1 unspecified atom stereocenters. The van der Waals surface area contributed by atoms with E-state index in [1.54, 1.807) is 17.0 Å². The van der Waals surface area contributed by atoms with E-state index < -0.39 is 0 Å². The fourth-order valence-electron chi connectivity index (χ4n) is 2.51. The lowest BCUT2D eigenvalue weighted by Gasteiger charge is -2.32. The van der Waals surface area contributed by atoms with Crippen molar-refractivity contribution in [3.05, 3.63) is 65.9 Å². The fraction of sp³-hybridized carbons (Fsp3) is 0.222. The summed E-state index contributed by atoms with van der Waals surface area (Å²) in [7, 11) is 0. The van der Waals surface area contributed by atoms with Crippen LogP contribution in [0.4, 0.5) is 5.82 Å². The van der Waals surface area contributed by atoms with Gasteiger partial charge in [-0.05, 0) is 23.8 Å². The Morgan fingerprint density at radius 2 is 2.04 bits per heavy atom. The summed E-state index contributed by atoms with van der Waals surface area (Å²) in [5.74, 6) is 0.435. The predicted octanol–water partition coefficient (Wildman–Crippen LogP) is 2.28. The second kappa shape index (κ2) is 7.07. The number of ether oxygens (including phenoxy) is 1. The molecule has 1 aromatic carbocycles. The van der Waals surface area contributed by atoms with E-state index in [-0.39, 0.29) is 12.0 Å². The highest BCUT2D eigenvalue weighted by atomic mass is 16.5. The molecule has 0 aliphatic carbocycles. The Labute approximate surface area is 135 Å². The number of hydrogen-bond donors (Lipinski definition) is 1. The Bertz CT molecular complexity index is 700. The van der Waals surface area contributed by atoms with Crippen LogP contribution >= 0.6 is 0 Å². The molecule has 1 fully saturated rings. The first-order chi connectivity index (χ1) is 11.2. The summed E-state index contributed by atoms with van der Waals surface area (Å²) in [6, 6.07) is 15.2. The molecule has 1 amide bonds. The molecule has 1 aliphatic heterocycles. The maximum Gasteiger partial charge on any atom is 0.246 e. The number of amides is 1. The molecular formula is C18H19N3O2. The van der Waals surface area contributed by atoms with Gasteiger partial charge < -0.3 is 15.4 Å². The summed E-state index contributed by atoms with van der Waals surface area (Å²) in [5.41, 5.74) is 7.48. The molecule has 3 rings (SSSR count). The summed E-state index contributed by atoms with van der Waals surface area (Å²) >= 11 is 0. The van der Waals surface area contributed by atoms with Crippen molar-refractivity contribution in [2.45, 2.75) is 6.10 Å². The van der Waals surface area contributed by atoms with Gasteiger partial charge in [0, 0.05) is 12.6 Å². The second-order valence-electron chi connectivity index (χ2n) is 5.38. The number of nitrogens with zero attached hydrogens (tertiary/aromatic N) is 2. The third-order valence-electron chi connectivity index (χ3n) is 3.72. The molecule has 5 heteroatoms. The van der Waals surface area contributed by atoms with Crippen LogP contribution in [0.3, 0.4) is 0 Å². The van der Waals surface area contributed by atoms with Crippen LogP contribution < -0.4 is 5.73 Å². The van der Waals surface area contributed by atoms with Crippen LogP contribution in [-0.2, 0) is 9.53 Å². The van der Waals surface area contributed by atoms with E-state index >= 15 is 0 Å². The highest BCUT2D eigenvalue weighted by Crippen LogP contribution is 2.21. The van der Waals surface area contributed by atoms with Gasteiger partial charge in [-0.1, -0.05) is 36.4 Å². The lowest BCUT2D eigenvalue weighted by molar-refractivity contribution is -0.133. The third kappa shape index (κ3) is 3.96. The molecule has 2 heterocycles. The van der Waals surface area contributed by atoms with Crippen LogP contribution in [-0.4, -0.2) is 35.5 Å². The van der Waals surface area contributed by atoms with Crippen molar-refractivity contribution in [3.63, 3.8) is 0 Å². The minimum atomic E-state index is -0.235. The Kier molecular flexibility index (Phi) is 4.68. The lowest BCUT2D eigenvalue weighted by Crippen LogP contribution is -2.41. The summed E-state index contributed by atoms with van der Waals surface area (Å²) in [6.07, 6.45) is 3.19. The van der Waals surface area contributed by atoms with Gasteiger partial charge in [0.2, 0.25) is 5.91 Å². The van der Waals surface area contributed by atoms with Crippen LogP contribution in [0.2, 0.25) is 0 Å². The number of hydrogen-bond acceptors (Lipinski definition) is 4. The number of benzene rings is 1. The zero-order chi connectivity index (χ0) is 16.1. The average Bonchev–Trinajstić information content (AvgIpc) is 2.61. The van der Waals surface area contributed by atoms with E-state index in [4.69, 9.17) is 10.5 Å². The monoisotopic (exact) mass is 309 g/mol. The zero-order valence-electron chi connectivity index (χ0n) is 12.8. The largest absolute Gasteiger partial charge is 0.384 e. The first-order valence-corrected chi connectivity index (χ1v) is 7.58. The number of nitrogen functional groups attached to an aromatic ring is 1. The van der Waals surface area contributed by atoms with Crippen molar-refractivity contribution in [2.75, 3.05) is 25.4 Å². The van der Waals surface area contributed by atoms with Crippen molar-refractivity contribution in [1.82, 2.24) is 9.88 Å². The molecular weight excluding hydrogens is 290 g/mol. The summed E-state index contributed by atoms with van der Waals surface area (Å²) < 4.78 is 5.73. The molecule has 1 atom stereocenters. The fourth-order valence-corrected chi connectivity index (χ4v) is 2.51. The van der Waals surface area contributed by atoms with E-state index in [1.165, 1.54) is 0 Å². The zero-order valence-corrected chi connectivity index (χ0v) is 12.8. The van der Waals surface area contributed by atoms with Gasteiger partial charge in [0.15, 0.2) is 0 Å². The summed E-state index contributed by atoms with van der Waals surface area (Å²) in [4.78, 5) is 18.4. The van der Waals surface area contributed by atoms with Crippen molar-refractivity contribution < 1.29 is 9.53 Å². The van der Waals surface area contributed by atoms with Crippen LogP contribution in [0.5, 0.6) is 0 Å². The van der Waals surface area contributed by atoms with Gasteiger partial charge in [-0.2, -0.15) is 0 Å². The lowest BCUT2D eigenvalue weighted by atomic mass is 10.1. The van der Waals surface area contributed by atoms with Crippen molar-refractivity contribution >= 4 is 17.8 Å². The maximum atomic E-state index is 12.4. The normalized spacial score (nSPS) is 18.3. The minimum absolute atomic E-state index is 0.0222. The quantitative estimate of drug-likeness (QED) is 0.883. The highest BCUT2D eigenvalue weighted by Gasteiger charge is 2.25. The van der Waals surface area contributed by atoms with Gasteiger partial charge in [-0.25, -0.2) is 4.98 Å². The Morgan fingerprint density at radius 1 is 1.22 bits per heavy atom. The second-order valence-corrected chi connectivity index (χ2v) is 5.38. The standard InChI is InChI=1S/C18H19N3O2/c19-17-8-4-7-15(20-17)16-13-21(11-12-23-16)18(22)10-9-14-5-2-1-3-6-14/h1-10,16H,11-13H2,(H2,19,20)/b10-9+. The molecule has 2 N–H and O–H groups in total. The van der Waals surface area contributed by atoms with E-state index in [0.29, 0.717) is 25.5 Å². The Hall–Kier alpha value is -2.66. The van der Waals surface area contributed by atoms with Crippen LogP contribution in [0, 0.1) is 0 Å². The highest BCUT2D eigenvalue weighted by molar-refractivity contribution is 5.91. The molecule has 23 heavy (non-hydrogen) atoms. The first-order valence-electron chi connectivity index (χ1n) is 7.58. The third-order valence-corrected chi connectivity index (χ3v) is 3.72. The van der Waals surface area contributed by atoms with E-state index in [1.807, 2.05) is 48.5 Å². The molecule has 2 aromatic rings. The molecule has 0 spiro atoms. The number of nitrogens with two attached hydrogens (primary N) is 1. The van der Waals surface area contributed by atoms with Gasteiger partial charge in [-0.3, -0.25) is 4.79 Å². The number of rotatable bonds is 3. The molecule has 1 saturated heterocycles. The molecule has 5 nitrogen and oxygen atoms in total. The van der Waals surface area contributed by atoms with Crippen LogP contribution in [0.25, 0.3) is 6.08 Å². The van der Waals surface area contributed by atoms with Gasteiger partial charge in [-0.15, -0.1) is 0 Å². The number of carbonyl (C=O) groups excluding carboxylic acids is 1. The van der Waals surface area contributed by atoms with E-state index in [2.05, 4.69) is 4.98 Å². The number of carbonyl (C=O) groups is 1. The first kappa shape index (κ1) is 15.2. The number of morpholine rings is 1. The summed E-state index contributed by atoms with van der Waals surface area (Å²) in [6.45, 7) is 1.55. The Balaban J connectivity index is 1.66. The molecule has 118 valence electrons. The van der Waals surface area contributed by atoms with Crippen molar-refractivity contribution in [3.8, 4) is 0 Å². The van der Waals surface area contributed by atoms with Crippen LogP contribution in [0.1, 0.15) is 17.4 Å². The minimum Gasteiger partial charge on any atom is -0.384 e. The van der Waals surface area contributed by atoms with E-state index in [0.717, 1.165) is 11.3 Å². The van der Waals surface area contributed by atoms with Crippen molar-refractivity contribution in [1.29, 1.82) is 0 Å². The number of pyridine rings is 1. The predicted molar refractivity (Wildman–Crippen MR) is 89.4 cm³/mol. The maximum absolute atomic E-state index is 12.4. The van der Waals surface area contributed by atoms with Gasteiger partial charge in [0.25, 0.3) is 0 Å². The summed E-state index contributed by atoms with van der Waals surface area (Å²) in [5, 5.41) is 0. The molecule has 0 bridgehead atoms. The van der Waals surface area contributed by atoms with Gasteiger partial charge in [0.05, 0.1) is 18.8 Å². The topological polar surface area (TPSA) is 68.5 Å². The molecule has 0 saturated carbocycles. The van der Waals surface area contributed by atoms with Crippen LogP contribution in [0.15, 0.2) is 54.6 Å². The van der Waals surface area contributed by atoms with Gasteiger partial charge >= 0.3 is 0 Å². The van der Waals surface area contributed by atoms with Gasteiger partial charge in [0.1, 0.15) is 11.9 Å². The smallest absolute Gasteiger partial charge is 0.246 e. The van der Waals surface area contributed by atoms with E-state index in [9.17, 15) is 4.79 Å². The Morgan fingerprint density at radius 3 is 2.83 bits per heavy atom. The molecule has 1 aromatic heterocycles. The molecule has 1 aliphatic rings. The number of anilines is 1. The molecule has 0 radical (unpaired) electrons. The number of aromatic nitrogens is 1. The average molecular weight is 309 g/mol. The van der Waals surface area contributed by atoms with Crippen molar-refractivity contribution in [2.24, 2.45) is 0 Å².